The van der Waals surface area contributed by atoms with Gasteiger partial charge in [0.05, 0.1) is 0 Å². The summed E-state index contributed by atoms with van der Waals surface area (Å²) in [6.45, 7) is 0.410. The van der Waals surface area contributed by atoms with Crippen LogP contribution in [0, 0.1) is 0 Å². The maximum atomic E-state index is 6.03. The van der Waals surface area contributed by atoms with E-state index in [1.165, 1.54) is 0 Å². The number of nitrogens with zero attached hydrogens (tertiary/aromatic N) is 2. The lowest BCUT2D eigenvalue weighted by atomic mass is 10.0. The van der Waals surface area contributed by atoms with E-state index in [-0.39, 0.29) is 4.83 Å². The van der Waals surface area contributed by atoms with Crippen molar-refractivity contribution in [1.29, 1.82) is 0 Å². The largest absolute Gasteiger partial charge is 0.429 e. The molecule has 0 radical (unpaired) electrons. The maximum absolute atomic E-state index is 6.03. The molecule has 0 fully saturated rings. The number of hydrogen-bond donors (Lipinski definition) is 0. The summed E-state index contributed by atoms with van der Waals surface area (Å²) in [6.07, 6.45) is 0. The molecule has 4 nitrogen and oxygen atoms in total. The zero-order chi connectivity index (χ0) is 15.0. The third-order valence-corrected chi connectivity index (χ3v) is 4.86. The molecular formula is C17H13BrN2O2. The predicted octanol–water partition coefficient (Wildman–Crippen LogP) is 3.36. The Kier molecular flexibility index (Phi) is 3.22. The number of ether oxygens (including phenoxy) is 1. The second kappa shape index (κ2) is 5.25. The van der Waals surface area contributed by atoms with Crippen LogP contribution in [-0.4, -0.2) is 28.8 Å². The lowest BCUT2D eigenvalue weighted by molar-refractivity contribution is -0.148. The average Bonchev–Trinajstić information content (AvgIpc) is 3.15. The van der Waals surface area contributed by atoms with Crippen molar-refractivity contribution in [1.82, 2.24) is 0 Å². The van der Waals surface area contributed by atoms with Crippen LogP contribution in [-0.2, 0) is 9.57 Å². The first-order chi connectivity index (χ1) is 10.8. The Labute approximate surface area is 136 Å². The Morgan fingerprint density at radius 1 is 0.955 bits per heavy atom. The molecule has 2 heterocycles. The van der Waals surface area contributed by atoms with E-state index in [0.717, 1.165) is 16.8 Å². The van der Waals surface area contributed by atoms with E-state index < -0.39 is 5.79 Å². The quantitative estimate of drug-likeness (QED) is 0.774. The smallest absolute Gasteiger partial charge is 0.314 e. The molecule has 2 aliphatic rings. The minimum Gasteiger partial charge on any atom is -0.429 e. The zero-order valence-corrected chi connectivity index (χ0v) is 13.2. The molecule has 0 N–H and O–H groups in total. The van der Waals surface area contributed by atoms with E-state index in [1.54, 1.807) is 0 Å². The van der Waals surface area contributed by atoms with Crippen molar-refractivity contribution in [2.75, 3.05) is 6.54 Å². The van der Waals surface area contributed by atoms with Crippen molar-refractivity contribution in [3.8, 4) is 0 Å². The molecule has 110 valence electrons. The number of hydrogen-bond acceptors (Lipinski definition) is 4. The Balaban J connectivity index is 1.57. The van der Waals surface area contributed by atoms with Crippen LogP contribution in [0.2, 0.25) is 0 Å². The van der Waals surface area contributed by atoms with Crippen LogP contribution in [0.1, 0.15) is 11.1 Å². The van der Waals surface area contributed by atoms with Gasteiger partial charge in [0, 0.05) is 11.1 Å². The number of alkyl halides is 1. The van der Waals surface area contributed by atoms with Gasteiger partial charge in [-0.15, -0.1) is 0 Å². The van der Waals surface area contributed by atoms with Crippen LogP contribution in [0.3, 0.4) is 0 Å². The van der Waals surface area contributed by atoms with E-state index in [9.17, 15) is 0 Å². The molecular weight excluding hydrogens is 344 g/mol. The second-order valence-corrected chi connectivity index (χ2v) is 6.11. The molecule has 1 spiro atoms. The van der Waals surface area contributed by atoms with Crippen molar-refractivity contribution >= 4 is 27.5 Å². The molecule has 0 saturated heterocycles. The summed E-state index contributed by atoms with van der Waals surface area (Å²) in [7, 11) is 0. The standard InChI is InChI=1S/C17H13BrN2O2/c18-15-14(12-7-3-1-4-8-12)20-22-17(15)11-19-16(21-17)13-9-5-2-6-10-13/h1-10,15H,11H2. The van der Waals surface area contributed by atoms with E-state index in [1.807, 2.05) is 60.7 Å². The minimum absolute atomic E-state index is 0.174. The van der Waals surface area contributed by atoms with E-state index in [0.29, 0.717) is 12.4 Å². The first-order valence-corrected chi connectivity index (χ1v) is 7.94. The van der Waals surface area contributed by atoms with Gasteiger partial charge in [0.25, 0.3) is 0 Å². The van der Waals surface area contributed by atoms with Crippen molar-refractivity contribution in [2.24, 2.45) is 10.1 Å². The zero-order valence-electron chi connectivity index (χ0n) is 11.6. The van der Waals surface area contributed by atoms with Gasteiger partial charge in [-0.3, -0.25) is 0 Å². The summed E-state index contributed by atoms with van der Waals surface area (Å²) in [5.74, 6) is -0.300. The van der Waals surface area contributed by atoms with Gasteiger partial charge in [-0.25, -0.2) is 4.99 Å². The van der Waals surface area contributed by atoms with Gasteiger partial charge in [-0.05, 0) is 12.1 Å². The van der Waals surface area contributed by atoms with Gasteiger partial charge in [0.2, 0.25) is 5.90 Å². The molecule has 0 aromatic heterocycles. The topological polar surface area (TPSA) is 43.2 Å². The van der Waals surface area contributed by atoms with Crippen LogP contribution in [0.5, 0.6) is 0 Å². The summed E-state index contributed by atoms with van der Waals surface area (Å²) < 4.78 is 6.03. The van der Waals surface area contributed by atoms with Crippen LogP contribution < -0.4 is 0 Å². The molecule has 0 saturated carbocycles. The van der Waals surface area contributed by atoms with E-state index >= 15 is 0 Å². The summed E-state index contributed by atoms with van der Waals surface area (Å²) in [4.78, 5) is 9.95. The Bertz CT molecular complexity index is 742. The van der Waals surface area contributed by atoms with Gasteiger partial charge in [-0.2, -0.15) is 0 Å². The molecule has 2 aromatic carbocycles. The number of oxime groups is 1. The molecule has 0 aliphatic carbocycles. The van der Waals surface area contributed by atoms with Crippen LogP contribution in [0.15, 0.2) is 70.8 Å². The number of benzene rings is 2. The number of halogens is 1. The van der Waals surface area contributed by atoms with Gasteiger partial charge in [0.15, 0.2) is 0 Å². The molecule has 5 heteroatoms. The summed E-state index contributed by atoms with van der Waals surface area (Å²) in [6, 6.07) is 19.7. The maximum Gasteiger partial charge on any atom is 0.314 e. The third kappa shape index (κ3) is 2.13. The highest BCUT2D eigenvalue weighted by atomic mass is 79.9. The van der Waals surface area contributed by atoms with Crippen molar-refractivity contribution in [2.45, 2.75) is 10.6 Å². The van der Waals surface area contributed by atoms with Gasteiger partial charge < -0.3 is 9.57 Å². The van der Waals surface area contributed by atoms with Crippen molar-refractivity contribution < 1.29 is 9.57 Å². The van der Waals surface area contributed by atoms with Gasteiger partial charge in [-0.1, -0.05) is 69.6 Å². The fourth-order valence-corrected chi connectivity index (χ4v) is 3.23. The summed E-state index contributed by atoms with van der Waals surface area (Å²) >= 11 is 3.67. The fourth-order valence-electron chi connectivity index (χ4n) is 2.56. The predicted molar refractivity (Wildman–Crippen MR) is 88.4 cm³/mol. The highest BCUT2D eigenvalue weighted by molar-refractivity contribution is 9.10. The molecule has 0 bridgehead atoms. The Hall–Kier alpha value is -2.14. The minimum atomic E-state index is -0.893. The first kappa shape index (κ1) is 13.5. The van der Waals surface area contributed by atoms with Crippen molar-refractivity contribution in [3.05, 3.63) is 71.8 Å². The van der Waals surface area contributed by atoms with Crippen molar-refractivity contribution in [3.63, 3.8) is 0 Å². The molecule has 0 amide bonds. The molecule has 22 heavy (non-hydrogen) atoms. The highest BCUT2D eigenvalue weighted by Gasteiger charge is 2.54. The Morgan fingerprint density at radius 3 is 2.27 bits per heavy atom. The molecule has 4 rings (SSSR count). The summed E-state index contributed by atoms with van der Waals surface area (Å²) in [5, 5.41) is 4.22. The molecule has 2 atom stereocenters. The lowest BCUT2D eigenvalue weighted by Gasteiger charge is -2.24. The van der Waals surface area contributed by atoms with Crippen LogP contribution in [0.4, 0.5) is 0 Å². The number of rotatable bonds is 2. The average molecular weight is 357 g/mol. The van der Waals surface area contributed by atoms with Gasteiger partial charge >= 0.3 is 5.79 Å². The second-order valence-electron chi connectivity index (χ2n) is 5.20. The van der Waals surface area contributed by atoms with Crippen LogP contribution in [0.25, 0.3) is 0 Å². The highest BCUT2D eigenvalue weighted by Crippen LogP contribution is 2.38. The first-order valence-electron chi connectivity index (χ1n) is 7.03. The van der Waals surface area contributed by atoms with Crippen LogP contribution >= 0.6 is 15.9 Å². The molecule has 2 unspecified atom stereocenters. The normalized spacial score (nSPS) is 26.3. The third-order valence-electron chi connectivity index (χ3n) is 3.73. The van der Waals surface area contributed by atoms with E-state index in [4.69, 9.17) is 9.57 Å². The lowest BCUT2D eigenvalue weighted by Crippen LogP contribution is -2.43. The SMILES string of the molecule is BrC1C(c2ccccc2)=NOC12CN=C(c1ccccc1)O2. The molecule has 2 aromatic rings. The monoisotopic (exact) mass is 356 g/mol. The Morgan fingerprint density at radius 2 is 1.59 bits per heavy atom. The fraction of sp³-hybridized carbons (Fsp3) is 0.176. The van der Waals surface area contributed by atoms with E-state index in [2.05, 4.69) is 26.1 Å². The number of aliphatic imine (C=N–C) groups is 1. The molecule has 2 aliphatic heterocycles. The van der Waals surface area contributed by atoms with Gasteiger partial charge in [0.1, 0.15) is 17.1 Å². The summed E-state index contributed by atoms with van der Waals surface area (Å²) in [5.41, 5.74) is 2.78.